The van der Waals surface area contributed by atoms with Gasteiger partial charge in [-0.2, -0.15) is 0 Å². The molecule has 1 amide bonds. The maximum Gasteiger partial charge on any atom is 0.407 e. The van der Waals surface area contributed by atoms with Gasteiger partial charge in [-0.15, -0.1) is 0 Å². The van der Waals surface area contributed by atoms with Gasteiger partial charge in [0.1, 0.15) is 6.61 Å². The Balaban J connectivity index is 1.42. The summed E-state index contributed by atoms with van der Waals surface area (Å²) in [5, 5.41) is 13.9. The second kappa shape index (κ2) is 9.51. The SMILES string of the molecule is O=C([O-])C[C@H](Cc1ccc(I)cc1)NC(=O)OCC1c2ccccc2-c2ccccc21. The largest absolute Gasteiger partial charge is 0.550 e. The highest BCUT2D eigenvalue weighted by atomic mass is 127. The molecule has 0 heterocycles. The Morgan fingerprint density at radius 2 is 1.52 bits per heavy atom. The molecule has 0 saturated heterocycles. The van der Waals surface area contributed by atoms with Gasteiger partial charge in [-0.1, -0.05) is 60.7 Å². The molecule has 3 aromatic rings. The summed E-state index contributed by atoms with van der Waals surface area (Å²) in [6.07, 6.45) is -0.524. The normalized spacial score (nSPS) is 13.2. The molecule has 5 nitrogen and oxygen atoms in total. The summed E-state index contributed by atoms with van der Waals surface area (Å²) in [5.41, 5.74) is 5.50. The fourth-order valence-corrected chi connectivity index (χ4v) is 4.45. The van der Waals surface area contributed by atoms with E-state index in [0.29, 0.717) is 6.42 Å². The summed E-state index contributed by atoms with van der Waals surface area (Å²) in [4.78, 5) is 23.7. The lowest BCUT2D eigenvalue weighted by atomic mass is 9.98. The zero-order valence-electron chi connectivity index (χ0n) is 16.7. The van der Waals surface area contributed by atoms with E-state index in [-0.39, 0.29) is 18.9 Å². The highest BCUT2D eigenvalue weighted by molar-refractivity contribution is 14.1. The second-order valence-electron chi connectivity index (χ2n) is 7.57. The summed E-state index contributed by atoms with van der Waals surface area (Å²) >= 11 is 2.21. The number of hydrogen-bond acceptors (Lipinski definition) is 4. The number of hydrogen-bond donors (Lipinski definition) is 1. The molecular formula is C25H21INO4-. The third-order valence-corrected chi connectivity index (χ3v) is 6.19. The van der Waals surface area contributed by atoms with Crippen molar-refractivity contribution in [2.45, 2.75) is 24.8 Å². The van der Waals surface area contributed by atoms with Crippen molar-refractivity contribution in [2.24, 2.45) is 0 Å². The molecule has 158 valence electrons. The van der Waals surface area contributed by atoms with Gasteiger partial charge in [-0.05, 0) is 69.0 Å². The molecule has 1 N–H and O–H groups in total. The minimum absolute atomic E-state index is 0.0473. The number of halogens is 1. The van der Waals surface area contributed by atoms with E-state index in [1.807, 2.05) is 48.5 Å². The maximum atomic E-state index is 12.5. The van der Waals surface area contributed by atoms with Crippen LogP contribution in [0.1, 0.15) is 29.0 Å². The van der Waals surface area contributed by atoms with E-state index in [2.05, 4.69) is 52.2 Å². The van der Waals surface area contributed by atoms with Crippen LogP contribution >= 0.6 is 22.6 Å². The van der Waals surface area contributed by atoms with Crippen molar-refractivity contribution in [3.8, 4) is 11.1 Å². The molecule has 1 atom stereocenters. The molecule has 0 unspecified atom stereocenters. The molecule has 1 aliphatic carbocycles. The van der Waals surface area contributed by atoms with Crippen LogP contribution in [-0.4, -0.2) is 24.7 Å². The molecule has 6 heteroatoms. The number of carbonyl (C=O) groups is 2. The van der Waals surface area contributed by atoms with Crippen LogP contribution in [-0.2, 0) is 16.0 Å². The Hall–Kier alpha value is -2.87. The van der Waals surface area contributed by atoms with Crippen LogP contribution in [0.5, 0.6) is 0 Å². The fourth-order valence-electron chi connectivity index (χ4n) is 4.09. The lowest BCUT2D eigenvalue weighted by Crippen LogP contribution is -2.41. The number of benzene rings is 3. The average Bonchev–Trinajstić information content (AvgIpc) is 3.07. The summed E-state index contributed by atoms with van der Waals surface area (Å²) in [7, 11) is 0. The highest BCUT2D eigenvalue weighted by Crippen LogP contribution is 2.44. The van der Waals surface area contributed by atoms with Crippen LogP contribution < -0.4 is 10.4 Å². The third-order valence-electron chi connectivity index (χ3n) is 5.47. The second-order valence-corrected chi connectivity index (χ2v) is 8.82. The van der Waals surface area contributed by atoms with Crippen molar-refractivity contribution >= 4 is 34.7 Å². The zero-order valence-corrected chi connectivity index (χ0v) is 18.9. The van der Waals surface area contributed by atoms with Gasteiger partial charge in [-0.3, -0.25) is 0 Å². The van der Waals surface area contributed by atoms with E-state index in [4.69, 9.17) is 4.74 Å². The van der Waals surface area contributed by atoms with Gasteiger partial charge in [-0.25, -0.2) is 4.79 Å². The number of ether oxygens (including phenoxy) is 1. The molecule has 3 aromatic carbocycles. The number of rotatable bonds is 7. The predicted octanol–water partition coefficient (Wildman–Crippen LogP) is 3.88. The van der Waals surface area contributed by atoms with Crippen molar-refractivity contribution in [2.75, 3.05) is 6.61 Å². The van der Waals surface area contributed by atoms with Crippen LogP contribution in [0.2, 0.25) is 0 Å². The third kappa shape index (κ3) is 5.07. The Kier molecular flexibility index (Phi) is 6.56. The van der Waals surface area contributed by atoms with E-state index < -0.39 is 18.1 Å². The van der Waals surface area contributed by atoms with Crippen molar-refractivity contribution in [3.05, 3.63) is 93.1 Å². The van der Waals surface area contributed by atoms with Crippen LogP contribution in [0.3, 0.4) is 0 Å². The molecule has 0 fully saturated rings. The summed E-state index contributed by atoms with van der Waals surface area (Å²) in [6, 6.07) is 23.3. The van der Waals surface area contributed by atoms with Gasteiger partial charge in [0.2, 0.25) is 0 Å². The van der Waals surface area contributed by atoms with Crippen LogP contribution in [0, 0.1) is 3.57 Å². The number of carbonyl (C=O) groups excluding carboxylic acids is 2. The van der Waals surface area contributed by atoms with Crippen LogP contribution in [0.15, 0.2) is 72.8 Å². The van der Waals surface area contributed by atoms with Gasteiger partial charge in [0.15, 0.2) is 0 Å². The quantitative estimate of drug-likeness (QED) is 0.475. The van der Waals surface area contributed by atoms with Gasteiger partial charge < -0.3 is 20.0 Å². The van der Waals surface area contributed by atoms with Crippen molar-refractivity contribution in [1.29, 1.82) is 0 Å². The lowest BCUT2D eigenvalue weighted by molar-refractivity contribution is -0.306. The van der Waals surface area contributed by atoms with Crippen LogP contribution in [0.25, 0.3) is 11.1 Å². The topological polar surface area (TPSA) is 78.5 Å². The predicted molar refractivity (Wildman–Crippen MR) is 124 cm³/mol. The van der Waals surface area contributed by atoms with E-state index in [1.54, 1.807) is 0 Å². The van der Waals surface area contributed by atoms with Gasteiger partial charge in [0.25, 0.3) is 0 Å². The van der Waals surface area contributed by atoms with E-state index >= 15 is 0 Å². The summed E-state index contributed by atoms with van der Waals surface area (Å²) in [5.74, 6) is -1.26. The fraction of sp³-hybridized carbons (Fsp3) is 0.200. The average molecular weight is 526 g/mol. The zero-order chi connectivity index (χ0) is 21.8. The number of alkyl carbamates (subject to hydrolysis) is 1. The summed E-state index contributed by atoms with van der Waals surface area (Å²) in [6.45, 7) is 0.182. The Labute approximate surface area is 194 Å². The minimum Gasteiger partial charge on any atom is -0.550 e. The molecule has 0 radical (unpaired) electrons. The first-order chi connectivity index (χ1) is 15.0. The molecule has 4 rings (SSSR count). The van der Waals surface area contributed by atoms with E-state index in [9.17, 15) is 14.7 Å². The van der Waals surface area contributed by atoms with E-state index in [1.165, 1.54) is 0 Å². The maximum absolute atomic E-state index is 12.5. The van der Waals surface area contributed by atoms with Crippen molar-refractivity contribution < 1.29 is 19.4 Å². The number of carboxylic acids is 1. The van der Waals surface area contributed by atoms with Crippen molar-refractivity contribution in [1.82, 2.24) is 5.32 Å². The first kappa shape index (κ1) is 21.4. The van der Waals surface area contributed by atoms with Gasteiger partial charge in [0, 0.05) is 27.9 Å². The number of fused-ring (bicyclic) bond motifs is 3. The highest BCUT2D eigenvalue weighted by Gasteiger charge is 2.29. The van der Waals surface area contributed by atoms with Crippen molar-refractivity contribution in [3.63, 3.8) is 0 Å². The first-order valence-corrected chi connectivity index (χ1v) is 11.1. The van der Waals surface area contributed by atoms with Crippen LogP contribution in [0.4, 0.5) is 4.79 Å². The monoisotopic (exact) mass is 526 g/mol. The molecule has 0 aliphatic heterocycles. The Morgan fingerprint density at radius 1 is 0.935 bits per heavy atom. The van der Waals surface area contributed by atoms with Gasteiger partial charge in [0.05, 0.1) is 0 Å². The minimum atomic E-state index is -1.21. The molecular weight excluding hydrogens is 505 g/mol. The molecule has 0 aromatic heterocycles. The molecule has 1 aliphatic rings. The first-order valence-electron chi connectivity index (χ1n) is 10.1. The Bertz CT molecular complexity index is 1050. The number of nitrogens with one attached hydrogen (secondary N) is 1. The lowest BCUT2D eigenvalue weighted by Gasteiger charge is -2.20. The van der Waals surface area contributed by atoms with E-state index in [0.717, 1.165) is 31.4 Å². The number of aliphatic carboxylic acids is 1. The molecule has 31 heavy (non-hydrogen) atoms. The smallest absolute Gasteiger partial charge is 0.407 e. The van der Waals surface area contributed by atoms with Gasteiger partial charge >= 0.3 is 6.09 Å². The number of carboxylic acid groups (broad SMARTS) is 1. The molecule has 0 bridgehead atoms. The molecule has 0 spiro atoms. The number of amides is 1. The molecule has 0 saturated carbocycles. The standard InChI is InChI=1S/C25H22INO4/c26-17-11-9-16(10-12-17)13-18(14-24(28)29)27-25(30)31-15-23-21-7-3-1-5-19(21)20-6-2-4-8-22(20)23/h1-12,18,23H,13-15H2,(H,27,30)(H,28,29)/p-1/t18-/m0/s1. The summed E-state index contributed by atoms with van der Waals surface area (Å²) < 4.78 is 6.63. The Morgan fingerprint density at radius 3 is 2.10 bits per heavy atom.